The average Bonchev–Trinajstić information content (AvgIpc) is 2.32. The molecular formula is C13H8BrFINO. The molecule has 0 bridgehead atoms. The number of halogens is 3. The molecule has 0 atom stereocenters. The number of carbonyl (C=O) groups is 1. The summed E-state index contributed by atoms with van der Waals surface area (Å²) in [6.45, 7) is 0. The minimum Gasteiger partial charge on any atom is -0.322 e. The quantitative estimate of drug-likeness (QED) is 0.716. The molecule has 0 aliphatic carbocycles. The first kappa shape index (κ1) is 13.5. The topological polar surface area (TPSA) is 29.1 Å². The highest BCUT2D eigenvalue weighted by atomic mass is 127. The monoisotopic (exact) mass is 419 g/mol. The van der Waals surface area contributed by atoms with Gasteiger partial charge in [-0.3, -0.25) is 4.79 Å². The van der Waals surface area contributed by atoms with E-state index in [1.165, 1.54) is 18.2 Å². The van der Waals surface area contributed by atoms with Crippen molar-refractivity contribution < 1.29 is 9.18 Å². The third kappa shape index (κ3) is 3.29. The van der Waals surface area contributed by atoms with Gasteiger partial charge in [0, 0.05) is 13.7 Å². The second-order valence-corrected chi connectivity index (χ2v) is 5.66. The third-order valence-corrected chi connectivity index (χ3v) is 3.70. The van der Waals surface area contributed by atoms with Gasteiger partial charge in [0.2, 0.25) is 0 Å². The molecular weight excluding hydrogens is 412 g/mol. The van der Waals surface area contributed by atoms with Crippen LogP contribution >= 0.6 is 38.5 Å². The van der Waals surface area contributed by atoms with Crippen molar-refractivity contribution in [2.24, 2.45) is 0 Å². The Morgan fingerprint density at radius 1 is 1.17 bits per heavy atom. The van der Waals surface area contributed by atoms with Crippen LogP contribution in [0.25, 0.3) is 0 Å². The summed E-state index contributed by atoms with van der Waals surface area (Å²) >= 11 is 5.26. The summed E-state index contributed by atoms with van der Waals surface area (Å²) in [5.41, 5.74) is 1.16. The van der Waals surface area contributed by atoms with E-state index in [0.717, 1.165) is 4.47 Å². The molecule has 0 unspecified atom stereocenters. The van der Waals surface area contributed by atoms with Gasteiger partial charge in [-0.25, -0.2) is 4.39 Å². The van der Waals surface area contributed by atoms with E-state index in [0.29, 0.717) is 14.8 Å². The number of hydrogen-bond acceptors (Lipinski definition) is 1. The van der Waals surface area contributed by atoms with Crippen LogP contribution in [-0.2, 0) is 0 Å². The van der Waals surface area contributed by atoms with Crippen LogP contribution in [0.5, 0.6) is 0 Å². The van der Waals surface area contributed by atoms with Crippen LogP contribution in [0.2, 0.25) is 0 Å². The molecule has 0 aliphatic heterocycles. The van der Waals surface area contributed by atoms with Gasteiger partial charge in [-0.15, -0.1) is 0 Å². The van der Waals surface area contributed by atoms with Gasteiger partial charge in [0.1, 0.15) is 5.82 Å². The number of amides is 1. The maximum absolute atomic E-state index is 12.9. The van der Waals surface area contributed by atoms with Crippen molar-refractivity contribution >= 4 is 50.1 Å². The van der Waals surface area contributed by atoms with Gasteiger partial charge in [0.15, 0.2) is 0 Å². The van der Waals surface area contributed by atoms with E-state index in [1.807, 2.05) is 34.7 Å². The first-order valence-electron chi connectivity index (χ1n) is 5.08. The van der Waals surface area contributed by atoms with Gasteiger partial charge in [0.25, 0.3) is 5.91 Å². The summed E-state index contributed by atoms with van der Waals surface area (Å²) in [6, 6.07) is 11.3. The molecule has 1 N–H and O–H groups in total. The molecule has 0 aromatic heterocycles. The molecule has 0 fully saturated rings. The molecule has 0 saturated heterocycles. The molecule has 92 valence electrons. The Hall–Kier alpha value is -0.950. The van der Waals surface area contributed by atoms with Gasteiger partial charge in [-0.1, -0.05) is 15.9 Å². The Bertz CT molecular complexity index is 586. The lowest BCUT2D eigenvalue weighted by Gasteiger charge is -2.07. The van der Waals surface area contributed by atoms with Crippen LogP contribution in [0.15, 0.2) is 46.9 Å². The molecule has 2 aromatic rings. The number of carbonyl (C=O) groups excluding carboxylic acids is 1. The summed E-state index contributed by atoms with van der Waals surface area (Å²) in [5.74, 6) is -0.596. The van der Waals surface area contributed by atoms with E-state index >= 15 is 0 Å². The number of nitrogens with one attached hydrogen (secondary N) is 1. The Labute approximate surface area is 126 Å². The van der Waals surface area contributed by atoms with Crippen LogP contribution in [0.3, 0.4) is 0 Å². The number of benzene rings is 2. The summed E-state index contributed by atoms with van der Waals surface area (Å²) in [5, 5.41) is 2.76. The summed E-state index contributed by atoms with van der Waals surface area (Å²) in [4.78, 5) is 12.0. The molecule has 18 heavy (non-hydrogen) atoms. The first-order chi connectivity index (χ1) is 8.56. The van der Waals surface area contributed by atoms with Gasteiger partial charge in [0.05, 0.1) is 5.56 Å². The Morgan fingerprint density at radius 2 is 1.83 bits per heavy atom. The van der Waals surface area contributed by atoms with E-state index < -0.39 is 0 Å². The van der Waals surface area contributed by atoms with Crippen molar-refractivity contribution in [3.05, 3.63) is 61.9 Å². The fourth-order valence-corrected chi connectivity index (χ4v) is 2.39. The standard InChI is InChI=1S/C13H8BrFINO/c14-8-1-4-10(5-2-8)17-13(18)11-6-3-9(15)7-12(11)16/h1-7H,(H,17,18). The summed E-state index contributed by atoms with van der Waals surface area (Å²) < 4.78 is 14.5. The average molecular weight is 420 g/mol. The van der Waals surface area contributed by atoms with Crippen molar-refractivity contribution in [3.8, 4) is 0 Å². The maximum Gasteiger partial charge on any atom is 0.256 e. The lowest BCUT2D eigenvalue weighted by atomic mass is 10.2. The lowest BCUT2D eigenvalue weighted by Crippen LogP contribution is -2.13. The number of anilines is 1. The van der Waals surface area contributed by atoms with Crippen LogP contribution in [0.4, 0.5) is 10.1 Å². The van der Waals surface area contributed by atoms with Gasteiger partial charge in [-0.2, -0.15) is 0 Å². The van der Waals surface area contributed by atoms with E-state index in [4.69, 9.17) is 0 Å². The van der Waals surface area contributed by atoms with Crippen LogP contribution in [0.1, 0.15) is 10.4 Å². The maximum atomic E-state index is 12.9. The SMILES string of the molecule is O=C(Nc1ccc(Br)cc1)c1ccc(F)cc1I. The molecule has 0 spiro atoms. The van der Waals surface area contributed by atoms with Gasteiger partial charge in [-0.05, 0) is 65.1 Å². The van der Waals surface area contributed by atoms with E-state index in [9.17, 15) is 9.18 Å². The Morgan fingerprint density at radius 3 is 2.44 bits per heavy atom. The molecule has 0 heterocycles. The lowest BCUT2D eigenvalue weighted by molar-refractivity contribution is 0.102. The number of rotatable bonds is 2. The largest absolute Gasteiger partial charge is 0.322 e. The minimum atomic E-state index is -0.348. The zero-order valence-corrected chi connectivity index (χ0v) is 12.8. The molecule has 2 nitrogen and oxygen atoms in total. The second kappa shape index (κ2) is 5.79. The fourth-order valence-electron chi connectivity index (χ4n) is 1.41. The highest BCUT2D eigenvalue weighted by Crippen LogP contribution is 2.18. The van der Waals surface area contributed by atoms with Crippen LogP contribution in [0, 0.1) is 9.39 Å². The highest BCUT2D eigenvalue weighted by Gasteiger charge is 2.10. The molecule has 1 amide bonds. The molecule has 0 aliphatic rings. The van der Waals surface area contributed by atoms with E-state index in [1.54, 1.807) is 12.1 Å². The Balaban J connectivity index is 2.19. The zero-order chi connectivity index (χ0) is 13.1. The minimum absolute atomic E-state index is 0.248. The fraction of sp³-hybridized carbons (Fsp3) is 0. The van der Waals surface area contributed by atoms with Crippen molar-refractivity contribution in [3.63, 3.8) is 0 Å². The number of hydrogen-bond donors (Lipinski definition) is 1. The molecule has 2 rings (SSSR count). The zero-order valence-electron chi connectivity index (χ0n) is 9.08. The van der Waals surface area contributed by atoms with Crippen LogP contribution < -0.4 is 5.32 Å². The molecule has 0 radical (unpaired) electrons. The van der Waals surface area contributed by atoms with E-state index in [-0.39, 0.29) is 11.7 Å². The predicted molar refractivity (Wildman–Crippen MR) is 81.2 cm³/mol. The smallest absolute Gasteiger partial charge is 0.256 e. The van der Waals surface area contributed by atoms with Crippen molar-refractivity contribution in [2.75, 3.05) is 5.32 Å². The molecule has 0 saturated carbocycles. The second-order valence-electron chi connectivity index (χ2n) is 3.59. The highest BCUT2D eigenvalue weighted by molar-refractivity contribution is 14.1. The van der Waals surface area contributed by atoms with Gasteiger partial charge >= 0.3 is 0 Å². The summed E-state index contributed by atoms with van der Waals surface area (Å²) in [7, 11) is 0. The van der Waals surface area contributed by atoms with Crippen LogP contribution in [-0.4, -0.2) is 5.91 Å². The molecule has 2 aromatic carbocycles. The van der Waals surface area contributed by atoms with Crippen molar-refractivity contribution in [2.45, 2.75) is 0 Å². The predicted octanol–water partition coefficient (Wildman–Crippen LogP) is 4.45. The van der Waals surface area contributed by atoms with Gasteiger partial charge < -0.3 is 5.32 Å². The summed E-state index contributed by atoms with van der Waals surface area (Å²) in [6.07, 6.45) is 0. The van der Waals surface area contributed by atoms with Crippen molar-refractivity contribution in [1.82, 2.24) is 0 Å². The first-order valence-corrected chi connectivity index (χ1v) is 6.95. The van der Waals surface area contributed by atoms with E-state index in [2.05, 4.69) is 21.2 Å². The molecule has 5 heteroatoms. The third-order valence-electron chi connectivity index (χ3n) is 2.28. The Kier molecular flexibility index (Phi) is 4.34. The normalized spacial score (nSPS) is 10.2. The van der Waals surface area contributed by atoms with Crippen molar-refractivity contribution in [1.29, 1.82) is 0 Å².